The average molecular weight is 466 g/mol. The van der Waals surface area contributed by atoms with Gasteiger partial charge in [-0.15, -0.1) is 0 Å². The van der Waals surface area contributed by atoms with Crippen molar-refractivity contribution in [2.45, 2.75) is 45.1 Å². The number of carbonyl (C=O) groups excluding carboxylic acids is 1. The fraction of sp³-hybridized carbons (Fsp3) is 0.258. The first-order chi connectivity index (χ1) is 16.9. The maximum absolute atomic E-state index is 12.9. The third-order valence-corrected chi connectivity index (χ3v) is 6.81. The van der Waals surface area contributed by atoms with Gasteiger partial charge in [-0.3, -0.25) is 0 Å². The molecule has 4 nitrogen and oxygen atoms in total. The minimum atomic E-state index is -0.758. The molecule has 0 amide bonds. The Hall–Kier alpha value is -3.47. The van der Waals surface area contributed by atoms with Crippen molar-refractivity contribution in [2.24, 2.45) is 0 Å². The summed E-state index contributed by atoms with van der Waals surface area (Å²) in [5.41, 5.74) is 4.41. The first-order valence-electron chi connectivity index (χ1n) is 12.2. The number of ether oxygens (including phenoxy) is 2. The van der Waals surface area contributed by atoms with Crippen LogP contribution >= 0.6 is 0 Å². The lowest BCUT2D eigenvalue weighted by Crippen LogP contribution is -2.47. The van der Waals surface area contributed by atoms with E-state index in [2.05, 4.69) is 79.8 Å². The fourth-order valence-electron chi connectivity index (χ4n) is 4.90. The lowest BCUT2D eigenvalue weighted by atomic mass is 9.88. The number of esters is 1. The van der Waals surface area contributed by atoms with Crippen LogP contribution < -0.4 is 5.32 Å². The Morgan fingerprint density at radius 3 is 2.60 bits per heavy atom. The minimum absolute atomic E-state index is 0.131. The van der Waals surface area contributed by atoms with Crippen LogP contribution in [0.1, 0.15) is 58.8 Å². The van der Waals surface area contributed by atoms with E-state index in [1.165, 1.54) is 16.3 Å². The summed E-state index contributed by atoms with van der Waals surface area (Å²) in [6, 6.07) is 30.4. The Labute approximate surface area is 206 Å². The molecular formula is C31H31NO3. The third kappa shape index (κ3) is 5.00. The molecule has 0 aliphatic carbocycles. The normalized spacial score (nSPS) is 20.3. The summed E-state index contributed by atoms with van der Waals surface area (Å²) in [7, 11) is 0. The summed E-state index contributed by atoms with van der Waals surface area (Å²) >= 11 is 0. The molecule has 0 aromatic heterocycles. The Morgan fingerprint density at radius 2 is 1.77 bits per heavy atom. The second-order valence-corrected chi connectivity index (χ2v) is 9.72. The monoisotopic (exact) mass is 465 g/mol. The summed E-state index contributed by atoms with van der Waals surface area (Å²) in [6.45, 7) is 6.92. The summed E-state index contributed by atoms with van der Waals surface area (Å²) in [5.74, 6) is -0.385. The van der Waals surface area contributed by atoms with Crippen LogP contribution in [0.3, 0.4) is 0 Å². The zero-order valence-corrected chi connectivity index (χ0v) is 20.5. The summed E-state index contributed by atoms with van der Waals surface area (Å²) in [4.78, 5) is 12.9. The Morgan fingerprint density at radius 1 is 1.03 bits per heavy atom. The molecule has 0 radical (unpaired) electrons. The third-order valence-electron chi connectivity index (χ3n) is 6.81. The molecule has 0 bridgehead atoms. The van der Waals surface area contributed by atoms with E-state index in [1.807, 2.05) is 25.1 Å². The van der Waals surface area contributed by atoms with Crippen molar-refractivity contribution in [1.29, 1.82) is 0 Å². The molecule has 0 saturated carbocycles. The van der Waals surface area contributed by atoms with Crippen LogP contribution in [0.4, 0.5) is 0 Å². The first-order valence-corrected chi connectivity index (χ1v) is 12.2. The molecule has 35 heavy (non-hydrogen) atoms. The largest absolute Gasteiger partial charge is 0.428 e. The molecule has 4 aromatic carbocycles. The van der Waals surface area contributed by atoms with Gasteiger partial charge in [0, 0.05) is 24.6 Å². The topological polar surface area (TPSA) is 47.6 Å². The molecule has 0 spiro atoms. The van der Waals surface area contributed by atoms with Gasteiger partial charge in [-0.05, 0) is 60.9 Å². The SMILES string of the molecule is Cc1ccc2c(c1)[C@H](OC(=O)c1ccccc1)O[C@@](C)(CN[C@H](C)c1cccc3ccccc13)C2. The highest BCUT2D eigenvalue weighted by Gasteiger charge is 2.38. The van der Waals surface area contributed by atoms with Crippen LogP contribution in [0, 0.1) is 6.92 Å². The standard InChI is InChI=1S/C31H31NO3/c1-21-16-17-25-19-31(3,20-32-22(2)26-15-9-13-23-10-7-8-14-27(23)26)35-30(28(25)18-21)34-29(33)24-11-5-4-6-12-24/h4-18,22,30,32H,19-20H2,1-3H3/t22-,30-,31-/m1/s1. The average Bonchev–Trinajstić information content (AvgIpc) is 2.88. The zero-order valence-electron chi connectivity index (χ0n) is 20.5. The van der Waals surface area contributed by atoms with Gasteiger partial charge < -0.3 is 14.8 Å². The molecule has 3 atom stereocenters. The summed E-state index contributed by atoms with van der Waals surface area (Å²) in [6.07, 6.45) is -0.0249. The van der Waals surface area contributed by atoms with Gasteiger partial charge in [0.25, 0.3) is 0 Å². The van der Waals surface area contributed by atoms with Gasteiger partial charge in [-0.1, -0.05) is 78.4 Å². The molecule has 4 aromatic rings. The lowest BCUT2D eigenvalue weighted by molar-refractivity contribution is -0.193. The highest BCUT2D eigenvalue weighted by molar-refractivity contribution is 5.89. The number of carbonyl (C=O) groups is 1. The molecule has 1 aliphatic rings. The molecule has 0 fully saturated rings. The highest BCUT2D eigenvalue weighted by Crippen LogP contribution is 2.38. The van der Waals surface area contributed by atoms with Crippen molar-refractivity contribution in [2.75, 3.05) is 6.54 Å². The molecule has 0 unspecified atom stereocenters. The van der Waals surface area contributed by atoms with Crippen LogP contribution in [-0.4, -0.2) is 18.1 Å². The van der Waals surface area contributed by atoms with Crippen molar-refractivity contribution in [3.63, 3.8) is 0 Å². The number of hydrogen-bond donors (Lipinski definition) is 1. The number of hydrogen-bond acceptors (Lipinski definition) is 4. The van der Waals surface area contributed by atoms with Gasteiger partial charge in [-0.2, -0.15) is 0 Å². The molecular weight excluding hydrogens is 434 g/mol. The van der Waals surface area contributed by atoms with E-state index in [0.29, 0.717) is 12.1 Å². The molecule has 1 aliphatic heterocycles. The number of nitrogens with one attached hydrogen (secondary N) is 1. The van der Waals surface area contributed by atoms with E-state index in [0.717, 1.165) is 23.1 Å². The van der Waals surface area contributed by atoms with Gasteiger partial charge in [0.1, 0.15) is 0 Å². The van der Waals surface area contributed by atoms with Crippen LogP contribution in [0.25, 0.3) is 10.8 Å². The Bertz CT molecular complexity index is 1340. The van der Waals surface area contributed by atoms with E-state index >= 15 is 0 Å². The molecule has 1 N–H and O–H groups in total. The number of benzene rings is 4. The predicted molar refractivity (Wildman–Crippen MR) is 139 cm³/mol. The number of aryl methyl sites for hydroxylation is 1. The molecule has 178 valence electrons. The van der Waals surface area contributed by atoms with Crippen LogP contribution in [-0.2, 0) is 15.9 Å². The minimum Gasteiger partial charge on any atom is -0.428 e. The van der Waals surface area contributed by atoms with Crippen molar-refractivity contribution in [3.05, 3.63) is 119 Å². The van der Waals surface area contributed by atoms with Crippen molar-refractivity contribution in [3.8, 4) is 0 Å². The van der Waals surface area contributed by atoms with E-state index in [-0.39, 0.29) is 12.0 Å². The van der Waals surface area contributed by atoms with E-state index in [9.17, 15) is 4.79 Å². The number of rotatable bonds is 6. The Balaban J connectivity index is 1.37. The zero-order chi connectivity index (χ0) is 24.4. The molecule has 4 heteroatoms. The maximum atomic E-state index is 12.9. The second-order valence-electron chi connectivity index (χ2n) is 9.72. The quantitative estimate of drug-likeness (QED) is 0.323. The van der Waals surface area contributed by atoms with Crippen LogP contribution in [0.15, 0.2) is 91.0 Å². The van der Waals surface area contributed by atoms with Crippen LogP contribution in [0.5, 0.6) is 0 Å². The highest BCUT2D eigenvalue weighted by atomic mass is 16.7. The van der Waals surface area contributed by atoms with Gasteiger partial charge in [0.15, 0.2) is 0 Å². The van der Waals surface area contributed by atoms with Gasteiger partial charge in [0.2, 0.25) is 6.29 Å². The first kappa shape index (κ1) is 23.3. The van der Waals surface area contributed by atoms with Crippen molar-refractivity contribution < 1.29 is 14.3 Å². The lowest BCUT2D eigenvalue weighted by Gasteiger charge is -2.40. The Kier molecular flexibility index (Phi) is 6.42. The number of fused-ring (bicyclic) bond motifs is 2. The van der Waals surface area contributed by atoms with Crippen molar-refractivity contribution in [1.82, 2.24) is 5.32 Å². The molecule has 1 heterocycles. The molecule has 5 rings (SSSR count). The summed E-state index contributed by atoms with van der Waals surface area (Å²) in [5, 5.41) is 6.17. The van der Waals surface area contributed by atoms with Gasteiger partial charge in [-0.25, -0.2) is 4.79 Å². The van der Waals surface area contributed by atoms with Gasteiger partial charge >= 0.3 is 5.97 Å². The summed E-state index contributed by atoms with van der Waals surface area (Å²) < 4.78 is 12.4. The van der Waals surface area contributed by atoms with Gasteiger partial charge in [0.05, 0.1) is 11.2 Å². The smallest absolute Gasteiger partial charge is 0.340 e. The van der Waals surface area contributed by atoms with Crippen LogP contribution in [0.2, 0.25) is 0 Å². The fourth-order valence-corrected chi connectivity index (χ4v) is 4.90. The van der Waals surface area contributed by atoms with E-state index < -0.39 is 11.9 Å². The van der Waals surface area contributed by atoms with Crippen molar-refractivity contribution >= 4 is 16.7 Å². The van der Waals surface area contributed by atoms with E-state index in [1.54, 1.807) is 12.1 Å². The van der Waals surface area contributed by atoms with E-state index in [4.69, 9.17) is 9.47 Å². The predicted octanol–water partition coefficient (Wildman–Crippen LogP) is 6.69. The second kappa shape index (κ2) is 9.65. The molecule has 0 saturated heterocycles. The maximum Gasteiger partial charge on any atom is 0.340 e.